The molecule has 7 heteroatoms. The van der Waals surface area contributed by atoms with Crippen LogP contribution in [-0.2, 0) is 9.53 Å². The molecule has 2 aromatic carbocycles. The van der Waals surface area contributed by atoms with Gasteiger partial charge in [-0.3, -0.25) is 9.59 Å². The molecule has 1 N–H and O–H groups in total. The number of amides is 1. The van der Waals surface area contributed by atoms with Crippen molar-refractivity contribution in [3.63, 3.8) is 0 Å². The number of aromatic nitrogens is 2. The number of nitrogens with one attached hydrogen (secondary N) is 1. The van der Waals surface area contributed by atoms with Crippen LogP contribution in [-0.4, -0.2) is 33.5 Å². The van der Waals surface area contributed by atoms with E-state index in [0.717, 1.165) is 24.2 Å². The van der Waals surface area contributed by atoms with Gasteiger partial charge in [-0.25, -0.2) is 9.48 Å². The second kappa shape index (κ2) is 8.55. The van der Waals surface area contributed by atoms with Crippen LogP contribution in [0, 0.1) is 0 Å². The van der Waals surface area contributed by atoms with Gasteiger partial charge in [-0.05, 0) is 57.0 Å². The number of ketones is 1. The van der Waals surface area contributed by atoms with Crippen LogP contribution in [0.5, 0.6) is 0 Å². The highest BCUT2D eigenvalue weighted by Crippen LogP contribution is 2.39. The first-order valence-electron chi connectivity index (χ1n) is 10.2. The molecule has 31 heavy (non-hydrogen) atoms. The van der Waals surface area contributed by atoms with Gasteiger partial charge in [0, 0.05) is 11.5 Å². The Kier molecular flexibility index (Phi) is 5.66. The Balaban J connectivity index is 1.52. The van der Waals surface area contributed by atoms with Crippen molar-refractivity contribution in [2.75, 3.05) is 5.32 Å². The van der Waals surface area contributed by atoms with Crippen molar-refractivity contribution in [1.82, 2.24) is 9.78 Å². The van der Waals surface area contributed by atoms with Gasteiger partial charge in [0.25, 0.3) is 5.91 Å². The van der Waals surface area contributed by atoms with Crippen molar-refractivity contribution in [3.05, 3.63) is 77.6 Å². The summed E-state index contributed by atoms with van der Waals surface area (Å²) in [6.45, 7) is 2.92. The number of hydrogen-bond acceptors (Lipinski definition) is 5. The first-order valence-corrected chi connectivity index (χ1v) is 10.2. The molecule has 1 aliphatic rings. The molecule has 7 nitrogen and oxygen atoms in total. The molecular weight excluding hydrogens is 394 g/mol. The normalized spacial score (nSPS) is 14.0. The number of ether oxygens (including phenoxy) is 1. The fourth-order valence-electron chi connectivity index (χ4n) is 3.30. The summed E-state index contributed by atoms with van der Waals surface area (Å²) in [7, 11) is 0. The molecule has 1 amide bonds. The number of nitrogens with zero attached hydrogens (tertiary/aromatic N) is 2. The molecule has 0 spiro atoms. The Labute approximate surface area is 180 Å². The number of esters is 1. The van der Waals surface area contributed by atoms with Gasteiger partial charge in [0.05, 0.1) is 17.1 Å². The number of anilines is 1. The summed E-state index contributed by atoms with van der Waals surface area (Å²) in [5.74, 6) is -0.957. The van der Waals surface area contributed by atoms with Crippen LogP contribution in [0.2, 0.25) is 0 Å². The maximum absolute atomic E-state index is 12.9. The van der Waals surface area contributed by atoms with E-state index in [0.29, 0.717) is 17.2 Å². The minimum atomic E-state index is -1.06. The average molecular weight is 417 g/mol. The van der Waals surface area contributed by atoms with Crippen LogP contribution in [0.3, 0.4) is 0 Å². The van der Waals surface area contributed by atoms with Crippen molar-refractivity contribution in [2.24, 2.45) is 0 Å². The number of carbonyl (C=O) groups excluding carboxylic acids is 3. The second-order valence-electron chi connectivity index (χ2n) is 7.61. The number of hydrogen-bond donors (Lipinski definition) is 1. The van der Waals surface area contributed by atoms with E-state index in [1.54, 1.807) is 35.0 Å². The van der Waals surface area contributed by atoms with Crippen LogP contribution < -0.4 is 5.32 Å². The maximum atomic E-state index is 12.9. The number of rotatable bonds is 7. The van der Waals surface area contributed by atoms with Gasteiger partial charge in [0.1, 0.15) is 0 Å². The Bertz CT molecular complexity index is 1130. The van der Waals surface area contributed by atoms with Crippen LogP contribution >= 0.6 is 0 Å². The number of para-hydroxylation sites is 2. The zero-order valence-corrected chi connectivity index (χ0v) is 17.4. The van der Waals surface area contributed by atoms with Crippen molar-refractivity contribution < 1.29 is 19.1 Å². The first-order chi connectivity index (χ1) is 14.9. The smallest absolute Gasteiger partial charge is 0.357 e. The molecule has 4 rings (SSSR count). The van der Waals surface area contributed by atoms with Gasteiger partial charge in [0.2, 0.25) is 0 Å². The van der Waals surface area contributed by atoms with Gasteiger partial charge in [0.15, 0.2) is 17.6 Å². The van der Waals surface area contributed by atoms with E-state index in [1.807, 2.05) is 30.3 Å². The van der Waals surface area contributed by atoms with Gasteiger partial charge in [-0.15, -0.1) is 0 Å². The van der Waals surface area contributed by atoms with E-state index in [-0.39, 0.29) is 11.5 Å². The monoisotopic (exact) mass is 417 g/mol. The van der Waals surface area contributed by atoms with E-state index in [4.69, 9.17) is 4.74 Å². The van der Waals surface area contributed by atoms with Gasteiger partial charge in [-0.2, -0.15) is 5.10 Å². The van der Waals surface area contributed by atoms with E-state index in [2.05, 4.69) is 10.4 Å². The number of Topliss-reactive ketones (excluding diaryl/α,β-unsaturated/α-hetero) is 1. The molecule has 0 radical (unpaired) electrons. The quantitative estimate of drug-likeness (QED) is 0.461. The number of carbonyl (C=O) groups is 3. The van der Waals surface area contributed by atoms with Gasteiger partial charge >= 0.3 is 5.97 Å². The molecule has 0 saturated heterocycles. The maximum Gasteiger partial charge on any atom is 0.357 e. The van der Waals surface area contributed by atoms with Crippen molar-refractivity contribution in [3.8, 4) is 5.69 Å². The highest BCUT2D eigenvalue weighted by atomic mass is 16.5. The number of benzene rings is 2. The third-order valence-electron chi connectivity index (χ3n) is 5.15. The van der Waals surface area contributed by atoms with Crippen molar-refractivity contribution in [2.45, 2.75) is 38.7 Å². The van der Waals surface area contributed by atoms with Crippen LogP contribution in [0.15, 0.2) is 60.7 Å². The zero-order valence-electron chi connectivity index (χ0n) is 17.4. The third-order valence-corrected chi connectivity index (χ3v) is 5.15. The molecule has 0 bridgehead atoms. The molecule has 0 unspecified atom stereocenters. The standard InChI is InChI=1S/C24H23N3O4/c1-15(28)19-10-6-7-11-20(19)25-23(29)16(2)31-24(30)22-14-21(17-12-13-17)26-27(22)18-8-4-3-5-9-18/h3-11,14,16-17H,12-13H2,1-2H3,(H,25,29)/t16-/m1/s1. The predicted octanol–water partition coefficient (Wildman–Crippen LogP) is 4.14. The molecule has 1 heterocycles. The average Bonchev–Trinajstić information content (AvgIpc) is 3.52. The summed E-state index contributed by atoms with van der Waals surface area (Å²) in [6, 6.07) is 17.8. The van der Waals surface area contributed by atoms with Crippen LogP contribution in [0.25, 0.3) is 5.69 Å². The lowest BCUT2D eigenvalue weighted by Gasteiger charge is -2.15. The summed E-state index contributed by atoms with van der Waals surface area (Å²) >= 11 is 0. The summed E-state index contributed by atoms with van der Waals surface area (Å²) in [5, 5.41) is 7.26. The minimum Gasteiger partial charge on any atom is -0.448 e. The topological polar surface area (TPSA) is 90.3 Å². The van der Waals surface area contributed by atoms with Crippen molar-refractivity contribution >= 4 is 23.3 Å². The zero-order chi connectivity index (χ0) is 22.0. The summed E-state index contributed by atoms with van der Waals surface area (Å²) in [4.78, 5) is 37.3. The Morgan fingerprint density at radius 1 is 1.06 bits per heavy atom. The Morgan fingerprint density at radius 2 is 1.74 bits per heavy atom. The van der Waals surface area contributed by atoms with Gasteiger partial charge < -0.3 is 10.1 Å². The molecular formula is C24H23N3O4. The molecule has 3 aromatic rings. The summed E-state index contributed by atoms with van der Waals surface area (Å²) in [6.07, 6.45) is 1.04. The molecule has 0 aliphatic heterocycles. The first kappa shape index (κ1) is 20.5. The van der Waals surface area contributed by atoms with Crippen molar-refractivity contribution in [1.29, 1.82) is 0 Å². The van der Waals surface area contributed by atoms with Crippen LogP contribution in [0.1, 0.15) is 59.1 Å². The van der Waals surface area contributed by atoms with Gasteiger partial charge in [-0.1, -0.05) is 30.3 Å². The predicted molar refractivity (Wildman–Crippen MR) is 115 cm³/mol. The fraction of sp³-hybridized carbons (Fsp3) is 0.250. The molecule has 1 aromatic heterocycles. The molecule has 1 fully saturated rings. The molecule has 1 atom stereocenters. The van der Waals surface area contributed by atoms with Crippen LogP contribution in [0.4, 0.5) is 5.69 Å². The van der Waals surface area contributed by atoms with E-state index in [1.165, 1.54) is 13.8 Å². The highest BCUT2D eigenvalue weighted by molar-refractivity contribution is 6.05. The van der Waals surface area contributed by atoms with E-state index in [9.17, 15) is 14.4 Å². The lowest BCUT2D eigenvalue weighted by Crippen LogP contribution is -2.31. The SMILES string of the molecule is CC(=O)c1ccccc1NC(=O)[C@@H](C)OC(=O)c1cc(C2CC2)nn1-c1ccccc1. The third kappa shape index (κ3) is 4.55. The minimum absolute atomic E-state index is 0.167. The highest BCUT2D eigenvalue weighted by Gasteiger charge is 2.30. The largest absolute Gasteiger partial charge is 0.448 e. The Morgan fingerprint density at radius 3 is 2.42 bits per heavy atom. The Hall–Kier alpha value is -3.74. The lowest BCUT2D eigenvalue weighted by molar-refractivity contribution is -0.123. The summed E-state index contributed by atoms with van der Waals surface area (Å²) < 4.78 is 7.01. The second-order valence-corrected chi connectivity index (χ2v) is 7.61. The molecule has 1 aliphatic carbocycles. The molecule has 158 valence electrons. The fourth-order valence-corrected chi connectivity index (χ4v) is 3.30. The van der Waals surface area contributed by atoms with E-state index >= 15 is 0 Å². The molecule has 1 saturated carbocycles. The summed E-state index contributed by atoms with van der Waals surface area (Å²) in [5.41, 5.74) is 2.65. The lowest BCUT2D eigenvalue weighted by atomic mass is 10.1. The van der Waals surface area contributed by atoms with E-state index < -0.39 is 18.0 Å².